The molecule has 2 unspecified atom stereocenters. The molecule has 1 aromatic heterocycles. The molecule has 0 amide bonds. The first-order valence-corrected chi connectivity index (χ1v) is 7.76. The van der Waals surface area contributed by atoms with Gasteiger partial charge in [-0.3, -0.25) is 0 Å². The van der Waals surface area contributed by atoms with E-state index in [0.717, 1.165) is 34.7 Å². The van der Waals surface area contributed by atoms with E-state index in [-0.39, 0.29) is 12.1 Å². The number of nitrogens with one attached hydrogen (secondary N) is 1. The van der Waals surface area contributed by atoms with Crippen LogP contribution in [0.1, 0.15) is 25.3 Å². The molecule has 0 aliphatic carbocycles. The summed E-state index contributed by atoms with van der Waals surface area (Å²) in [5.41, 5.74) is 1.55. The van der Waals surface area contributed by atoms with Crippen molar-refractivity contribution in [3.05, 3.63) is 23.8 Å². The lowest BCUT2D eigenvalue weighted by atomic mass is 10.1. The van der Waals surface area contributed by atoms with Crippen LogP contribution >= 0.6 is 11.3 Å². The van der Waals surface area contributed by atoms with Crippen LogP contribution in [0.15, 0.2) is 18.2 Å². The number of anilines is 1. The monoisotopic (exact) mass is 297 g/mol. The van der Waals surface area contributed by atoms with Gasteiger partial charge in [-0.15, -0.1) is 0 Å². The fourth-order valence-corrected chi connectivity index (χ4v) is 3.78. The minimum Gasteiger partial charge on any atom is -0.357 e. The Morgan fingerprint density at radius 1 is 1.48 bits per heavy atom. The summed E-state index contributed by atoms with van der Waals surface area (Å²) in [5, 5.41) is 22.3. The average Bonchev–Trinajstić information content (AvgIpc) is 3.11. The third-order valence-corrected chi connectivity index (χ3v) is 4.82. The highest BCUT2D eigenvalue weighted by atomic mass is 32.1. The number of likely N-dealkylation sites (tertiary alicyclic amines) is 1. The normalized spacial score (nSPS) is 19.2. The highest BCUT2D eigenvalue weighted by Gasteiger charge is 2.28. The van der Waals surface area contributed by atoms with E-state index < -0.39 is 0 Å². The second-order valence-electron chi connectivity index (χ2n) is 5.25. The lowest BCUT2D eigenvalue weighted by molar-refractivity contribution is 0.336. The summed E-state index contributed by atoms with van der Waals surface area (Å²) in [7, 11) is 0. The number of hydrogen-bond donors (Lipinski definition) is 1. The molecular weight excluding hydrogens is 282 g/mol. The average molecular weight is 297 g/mol. The Morgan fingerprint density at radius 2 is 2.33 bits per heavy atom. The number of nitriles is 2. The molecule has 1 fully saturated rings. The molecular formula is C15H15N5S. The fraction of sp³-hybridized carbons (Fsp3) is 0.400. The summed E-state index contributed by atoms with van der Waals surface area (Å²) >= 11 is 1.55. The fourth-order valence-electron chi connectivity index (χ4n) is 2.78. The number of aromatic nitrogens is 1. The quantitative estimate of drug-likeness (QED) is 0.882. The van der Waals surface area contributed by atoms with Crippen molar-refractivity contribution in [3.63, 3.8) is 0 Å². The Labute approximate surface area is 127 Å². The molecule has 3 rings (SSSR count). The van der Waals surface area contributed by atoms with Crippen molar-refractivity contribution in [1.29, 1.82) is 10.5 Å². The van der Waals surface area contributed by atoms with Gasteiger partial charge in [0.25, 0.3) is 0 Å². The summed E-state index contributed by atoms with van der Waals surface area (Å²) < 4.78 is 1.01. The summed E-state index contributed by atoms with van der Waals surface area (Å²) in [5.74, 6) is 0. The Balaban J connectivity index is 1.79. The number of thiazole rings is 1. The van der Waals surface area contributed by atoms with Gasteiger partial charge in [0.05, 0.1) is 27.9 Å². The second-order valence-corrected chi connectivity index (χ2v) is 6.28. The molecule has 0 radical (unpaired) electrons. The summed E-state index contributed by atoms with van der Waals surface area (Å²) in [6, 6.07) is 8.06. The molecule has 1 saturated heterocycles. The van der Waals surface area contributed by atoms with Crippen LogP contribution in [0, 0.1) is 22.8 Å². The van der Waals surface area contributed by atoms with Crippen molar-refractivity contribution in [3.8, 4) is 12.3 Å². The smallest absolute Gasteiger partial charge is 0.184 e. The first kappa shape index (κ1) is 13.7. The molecule has 1 N–H and O–H groups in total. The van der Waals surface area contributed by atoms with E-state index in [4.69, 9.17) is 10.5 Å². The zero-order valence-electron chi connectivity index (χ0n) is 11.7. The number of nitrogens with zero attached hydrogens (tertiary/aromatic N) is 4. The Morgan fingerprint density at radius 3 is 3.10 bits per heavy atom. The topological polar surface area (TPSA) is 75.7 Å². The summed E-state index contributed by atoms with van der Waals surface area (Å²) in [6.45, 7) is 2.94. The van der Waals surface area contributed by atoms with Gasteiger partial charge in [-0.25, -0.2) is 4.98 Å². The van der Waals surface area contributed by atoms with Crippen molar-refractivity contribution in [1.82, 2.24) is 9.88 Å². The Bertz CT molecular complexity index is 739. The van der Waals surface area contributed by atoms with Crippen molar-refractivity contribution in [2.24, 2.45) is 0 Å². The summed E-state index contributed by atoms with van der Waals surface area (Å²) in [4.78, 5) is 6.39. The van der Waals surface area contributed by atoms with Crippen LogP contribution in [0.3, 0.4) is 0 Å². The van der Waals surface area contributed by atoms with Crippen LogP contribution in [0.5, 0.6) is 0 Å². The van der Waals surface area contributed by atoms with E-state index in [1.807, 2.05) is 17.0 Å². The minimum absolute atomic E-state index is 0.170. The van der Waals surface area contributed by atoms with Crippen molar-refractivity contribution in [2.75, 3.05) is 11.9 Å². The lowest BCUT2D eigenvalue weighted by Gasteiger charge is -2.25. The predicted molar refractivity (Wildman–Crippen MR) is 82.8 cm³/mol. The first-order chi connectivity index (χ1) is 10.2. The Kier molecular flexibility index (Phi) is 3.64. The second kappa shape index (κ2) is 5.59. The van der Waals surface area contributed by atoms with Crippen molar-refractivity contribution >= 4 is 26.7 Å². The largest absolute Gasteiger partial charge is 0.357 e. The molecule has 21 heavy (non-hydrogen) atoms. The van der Waals surface area contributed by atoms with Gasteiger partial charge in [-0.05, 0) is 38.0 Å². The van der Waals surface area contributed by atoms with Crippen molar-refractivity contribution in [2.45, 2.75) is 31.8 Å². The van der Waals surface area contributed by atoms with Gasteiger partial charge < -0.3 is 10.2 Å². The molecule has 1 aromatic carbocycles. The van der Waals surface area contributed by atoms with E-state index in [1.165, 1.54) is 0 Å². The van der Waals surface area contributed by atoms with Crippen LogP contribution in [0.4, 0.5) is 5.13 Å². The minimum atomic E-state index is 0.170. The predicted octanol–water partition coefficient (Wildman–Crippen LogP) is 2.91. The maximum absolute atomic E-state index is 9.13. The maximum Gasteiger partial charge on any atom is 0.184 e. The maximum atomic E-state index is 9.13. The standard InChI is InChI=1S/C15H15N5S/c1-10(13-3-2-6-20(13)9-17)18-15-19-12-5-4-11(8-16)7-14(12)21-15/h4-5,7,10,13H,2-3,6H2,1H3,(H,18,19). The highest BCUT2D eigenvalue weighted by Crippen LogP contribution is 2.29. The van der Waals surface area contributed by atoms with Crippen LogP contribution in [0.2, 0.25) is 0 Å². The lowest BCUT2D eigenvalue weighted by Crippen LogP contribution is -2.38. The van der Waals surface area contributed by atoms with E-state index >= 15 is 0 Å². The van der Waals surface area contributed by atoms with Gasteiger partial charge in [0, 0.05) is 12.6 Å². The zero-order chi connectivity index (χ0) is 14.8. The van der Waals surface area contributed by atoms with Gasteiger partial charge in [-0.2, -0.15) is 10.5 Å². The molecule has 2 heterocycles. The van der Waals surface area contributed by atoms with Gasteiger partial charge in [0.2, 0.25) is 0 Å². The zero-order valence-corrected chi connectivity index (χ0v) is 12.5. The third kappa shape index (κ3) is 2.63. The van der Waals surface area contributed by atoms with E-state index in [0.29, 0.717) is 5.56 Å². The molecule has 1 aliphatic rings. The highest BCUT2D eigenvalue weighted by molar-refractivity contribution is 7.22. The SMILES string of the molecule is CC(Nc1nc2ccc(C#N)cc2s1)C1CCCN1C#N. The van der Waals surface area contributed by atoms with Crippen molar-refractivity contribution < 1.29 is 0 Å². The van der Waals surface area contributed by atoms with Gasteiger partial charge in [0.1, 0.15) is 0 Å². The molecule has 0 bridgehead atoms. The van der Waals surface area contributed by atoms with E-state index in [2.05, 4.69) is 29.5 Å². The first-order valence-electron chi connectivity index (χ1n) is 6.95. The summed E-state index contributed by atoms with van der Waals surface area (Å²) in [6.07, 6.45) is 4.36. The van der Waals surface area contributed by atoms with Gasteiger partial charge in [-0.1, -0.05) is 11.3 Å². The van der Waals surface area contributed by atoms with Crippen LogP contribution in [0.25, 0.3) is 10.2 Å². The number of hydrogen-bond acceptors (Lipinski definition) is 6. The Hall–Kier alpha value is -2.31. The van der Waals surface area contributed by atoms with Crippen LogP contribution in [-0.2, 0) is 0 Å². The molecule has 1 aliphatic heterocycles. The molecule has 2 aromatic rings. The number of fused-ring (bicyclic) bond motifs is 1. The molecule has 6 heteroatoms. The third-order valence-electron chi connectivity index (χ3n) is 3.87. The van der Waals surface area contributed by atoms with E-state index in [1.54, 1.807) is 17.4 Å². The molecule has 0 saturated carbocycles. The molecule has 2 atom stereocenters. The molecule has 0 spiro atoms. The van der Waals surface area contributed by atoms with E-state index in [9.17, 15) is 0 Å². The number of rotatable bonds is 3. The van der Waals surface area contributed by atoms with Gasteiger partial charge >= 0.3 is 0 Å². The number of benzene rings is 1. The molecule has 5 nitrogen and oxygen atoms in total. The van der Waals surface area contributed by atoms with Crippen LogP contribution < -0.4 is 5.32 Å². The van der Waals surface area contributed by atoms with Crippen LogP contribution in [-0.4, -0.2) is 28.5 Å². The molecule has 106 valence electrons. The van der Waals surface area contributed by atoms with Gasteiger partial charge in [0.15, 0.2) is 11.3 Å².